The fraction of sp³-hybridized carbons (Fsp3) is 1.00. The van der Waals surface area contributed by atoms with Crippen LogP contribution in [0.15, 0.2) is 0 Å². The van der Waals surface area contributed by atoms with Gasteiger partial charge in [0, 0.05) is 0 Å². The van der Waals surface area contributed by atoms with Crippen LogP contribution in [0.5, 0.6) is 0 Å². The molecule has 2 heteroatoms. The first-order valence-electron chi connectivity index (χ1n) is 3.07. The van der Waals surface area contributed by atoms with Crippen LogP contribution in [0.25, 0.3) is 0 Å². The van der Waals surface area contributed by atoms with Crippen molar-refractivity contribution in [2.45, 2.75) is 20.8 Å². The molecule has 0 saturated carbocycles. The van der Waals surface area contributed by atoms with Crippen molar-refractivity contribution in [3.8, 4) is 0 Å². The summed E-state index contributed by atoms with van der Waals surface area (Å²) < 4.78 is 0. The summed E-state index contributed by atoms with van der Waals surface area (Å²) in [6, 6.07) is 0. The zero-order chi connectivity index (χ0) is 5.70. The summed E-state index contributed by atoms with van der Waals surface area (Å²) in [5.74, 6) is 0. The smallest absolute Gasteiger partial charge is 0.108 e. The summed E-state index contributed by atoms with van der Waals surface area (Å²) in [7, 11) is 0.446. The molecule has 0 aromatic heterocycles. The zero-order valence-electron chi connectivity index (χ0n) is 5.57. The van der Waals surface area contributed by atoms with Crippen molar-refractivity contribution in [2.24, 2.45) is 0 Å². The first-order chi connectivity index (χ1) is 3.35. The average Bonchev–Trinajstić information content (AvgIpc) is 1.72. The van der Waals surface area contributed by atoms with E-state index in [1.807, 2.05) is 0 Å². The van der Waals surface area contributed by atoms with Crippen LogP contribution in [0.1, 0.15) is 20.8 Å². The second-order valence-corrected chi connectivity index (χ2v) is 4.86. The summed E-state index contributed by atoms with van der Waals surface area (Å²) in [6.07, 6.45) is 4.26. The van der Waals surface area contributed by atoms with Gasteiger partial charge in [0.15, 0.2) is 17.4 Å². The third-order valence-corrected chi connectivity index (χ3v) is 4.02. The minimum absolute atomic E-state index is 0. The van der Waals surface area contributed by atoms with Gasteiger partial charge in [-0.15, -0.1) is 7.92 Å². The fourth-order valence-corrected chi connectivity index (χ4v) is 2.01. The van der Waals surface area contributed by atoms with Gasteiger partial charge in [-0.25, -0.2) is 0 Å². The molecule has 0 heterocycles. The zero-order valence-corrected chi connectivity index (χ0v) is 6.46. The quantitative estimate of drug-likeness (QED) is 0.418. The lowest BCUT2D eigenvalue weighted by Gasteiger charge is -2.07. The minimum Gasteiger partial charge on any atom is -0.108 e. The van der Waals surface area contributed by atoms with Crippen molar-refractivity contribution in [3.63, 3.8) is 0 Å². The SMILES string of the molecule is CCP(CC)CC.[AlH3]. The predicted octanol–water partition coefficient (Wildman–Crippen LogP) is 1.34. The lowest BCUT2D eigenvalue weighted by molar-refractivity contribution is 1.35. The third-order valence-electron chi connectivity index (χ3n) is 1.34. The predicted molar refractivity (Wildman–Crippen MR) is 48.5 cm³/mol. The maximum Gasteiger partial charge on any atom is 0.187 e. The van der Waals surface area contributed by atoms with Crippen molar-refractivity contribution in [2.75, 3.05) is 18.5 Å². The van der Waals surface area contributed by atoms with E-state index in [4.69, 9.17) is 0 Å². The molecule has 0 amide bonds. The maximum atomic E-state index is 2.29. The van der Waals surface area contributed by atoms with Crippen molar-refractivity contribution in [3.05, 3.63) is 0 Å². The molecule has 0 aliphatic carbocycles. The van der Waals surface area contributed by atoms with Crippen LogP contribution in [0, 0.1) is 0 Å². The molecule has 0 fully saturated rings. The lowest BCUT2D eigenvalue weighted by atomic mass is 10.9. The van der Waals surface area contributed by atoms with Gasteiger partial charge in [0.05, 0.1) is 0 Å². The van der Waals surface area contributed by atoms with Crippen molar-refractivity contribution >= 4 is 25.3 Å². The molecule has 0 atom stereocenters. The molecular formula is C6H18AlP. The van der Waals surface area contributed by atoms with Gasteiger partial charge in [-0.2, -0.15) is 0 Å². The lowest BCUT2D eigenvalue weighted by Crippen LogP contribution is -1.83. The van der Waals surface area contributed by atoms with E-state index in [1.165, 1.54) is 18.5 Å². The average molecular weight is 148 g/mol. The van der Waals surface area contributed by atoms with E-state index in [-0.39, 0.29) is 17.4 Å². The van der Waals surface area contributed by atoms with E-state index in [1.54, 1.807) is 0 Å². The Balaban J connectivity index is 0. The summed E-state index contributed by atoms with van der Waals surface area (Å²) >= 11 is 0. The molecule has 0 aromatic rings. The molecule has 0 N–H and O–H groups in total. The summed E-state index contributed by atoms with van der Waals surface area (Å²) in [5.41, 5.74) is 0. The first kappa shape index (κ1) is 11.7. The highest BCUT2D eigenvalue weighted by molar-refractivity contribution is 7.57. The van der Waals surface area contributed by atoms with Gasteiger partial charge < -0.3 is 0 Å². The van der Waals surface area contributed by atoms with Gasteiger partial charge in [-0.1, -0.05) is 20.8 Å². The van der Waals surface area contributed by atoms with Crippen LogP contribution < -0.4 is 0 Å². The molecule has 0 rings (SSSR count). The van der Waals surface area contributed by atoms with E-state index in [9.17, 15) is 0 Å². The second kappa shape index (κ2) is 7.96. The van der Waals surface area contributed by atoms with Crippen molar-refractivity contribution in [1.82, 2.24) is 0 Å². The van der Waals surface area contributed by atoms with E-state index < -0.39 is 0 Å². The van der Waals surface area contributed by atoms with Crippen molar-refractivity contribution in [1.29, 1.82) is 0 Å². The number of hydrogen-bond donors (Lipinski definition) is 0. The topological polar surface area (TPSA) is 0 Å². The Morgan fingerprint density at radius 3 is 1.12 bits per heavy atom. The van der Waals surface area contributed by atoms with Gasteiger partial charge in [0.1, 0.15) is 0 Å². The molecule has 0 aliphatic heterocycles. The Bertz CT molecular complexity index is 30.0. The van der Waals surface area contributed by atoms with E-state index in [0.29, 0.717) is 7.92 Å². The molecule has 0 aliphatic rings. The Morgan fingerprint density at radius 2 is 1.12 bits per heavy atom. The van der Waals surface area contributed by atoms with Gasteiger partial charge in [0.25, 0.3) is 0 Å². The van der Waals surface area contributed by atoms with E-state index in [2.05, 4.69) is 20.8 Å². The standard InChI is InChI=1S/C6H15P.Al.3H/c1-4-7(5-2)6-3;;;;/h4-6H2,1-3H3;;;;. The van der Waals surface area contributed by atoms with Crippen LogP contribution in [0.3, 0.4) is 0 Å². The highest BCUT2D eigenvalue weighted by Gasteiger charge is 1.94. The Kier molecular flexibility index (Phi) is 11.7. The van der Waals surface area contributed by atoms with Crippen LogP contribution >= 0.6 is 7.92 Å². The molecule has 0 aromatic carbocycles. The summed E-state index contributed by atoms with van der Waals surface area (Å²) in [4.78, 5) is 0. The fourth-order valence-electron chi connectivity index (χ4n) is 0.671. The molecule has 8 heavy (non-hydrogen) atoms. The summed E-state index contributed by atoms with van der Waals surface area (Å²) in [5, 5.41) is 0. The maximum absolute atomic E-state index is 2.29. The molecule has 50 valence electrons. The third kappa shape index (κ3) is 5.11. The van der Waals surface area contributed by atoms with Gasteiger partial charge in [-0.3, -0.25) is 0 Å². The van der Waals surface area contributed by atoms with Crippen molar-refractivity contribution < 1.29 is 0 Å². The molecule has 0 radical (unpaired) electrons. The molecule has 0 unspecified atom stereocenters. The Morgan fingerprint density at radius 1 is 0.875 bits per heavy atom. The largest absolute Gasteiger partial charge is 0.187 e. The van der Waals surface area contributed by atoms with Gasteiger partial charge >= 0.3 is 0 Å². The Hall–Kier alpha value is 0.962. The van der Waals surface area contributed by atoms with Crippen LogP contribution in [0.2, 0.25) is 0 Å². The molecule has 0 bridgehead atoms. The second-order valence-electron chi connectivity index (χ2n) is 1.62. The first-order valence-corrected chi connectivity index (χ1v) is 4.97. The van der Waals surface area contributed by atoms with E-state index in [0.717, 1.165) is 0 Å². The minimum atomic E-state index is 0. The highest BCUT2D eigenvalue weighted by Crippen LogP contribution is 2.32. The molecule has 0 spiro atoms. The normalized spacial score (nSPS) is 9.00. The Labute approximate surface area is 64.9 Å². The van der Waals surface area contributed by atoms with Crippen LogP contribution in [-0.2, 0) is 0 Å². The monoisotopic (exact) mass is 148 g/mol. The van der Waals surface area contributed by atoms with Gasteiger partial charge in [0.2, 0.25) is 0 Å². The molecular weight excluding hydrogens is 130 g/mol. The highest BCUT2D eigenvalue weighted by atomic mass is 31.1. The van der Waals surface area contributed by atoms with Gasteiger partial charge in [-0.05, 0) is 18.5 Å². The molecule has 0 nitrogen and oxygen atoms in total. The van der Waals surface area contributed by atoms with Crippen LogP contribution in [-0.4, -0.2) is 35.8 Å². The summed E-state index contributed by atoms with van der Waals surface area (Å²) in [6.45, 7) is 6.87. The molecule has 0 saturated heterocycles. The van der Waals surface area contributed by atoms with Crippen LogP contribution in [0.4, 0.5) is 0 Å². The number of hydrogen-bond acceptors (Lipinski definition) is 0. The van der Waals surface area contributed by atoms with E-state index >= 15 is 0 Å². The number of rotatable bonds is 3.